The number of aromatic nitrogens is 1. The molecule has 0 saturated heterocycles. The maximum Gasteiger partial charge on any atom is 0.138 e. The molecule has 3 rings (SSSR count). The van der Waals surface area contributed by atoms with E-state index >= 15 is 0 Å². The largest absolute Gasteiger partial charge is 0.497 e. The van der Waals surface area contributed by atoms with Crippen LogP contribution in [0.15, 0.2) is 42.7 Å². The van der Waals surface area contributed by atoms with Crippen molar-refractivity contribution in [2.45, 2.75) is 18.4 Å². The molecule has 0 radical (unpaired) electrons. The van der Waals surface area contributed by atoms with Crippen LogP contribution in [0.3, 0.4) is 0 Å². The van der Waals surface area contributed by atoms with Gasteiger partial charge in [-0.1, -0.05) is 12.1 Å². The third kappa shape index (κ3) is 3.16. The van der Waals surface area contributed by atoms with Crippen LogP contribution >= 0.6 is 0 Å². The molecule has 0 amide bonds. The van der Waals surface area contributed by atoms with Gasteiger partial charge >= 0.3 is 0 Å². The normalized spacial score (nSPS) is 15.5. The lowest BCUT2D eigenvalue weighted by atomic mass is 10.1. The highest BCUT2D eigenvalue weighted by atomic mass is 16.5. The van der Waals surface area contributed by atoms with Crippen LogP contribution < -0.4 is 14.8 Å². The van der Waals surface area contributed by atoms with Gasteiger partial charge in [-0.25, -0.2) is 0 Å². The van der Waals surface area contributed by atoms with Crippen LogP contribution in [-0.4, -0.2) is 31.3 Å². The second kappa shape index (κ2) is 5.74. The number of nitrogens with one attached hydrogen (secondary N) is 1. The van der Waals surface area contributed by atoms with Gasteiger partial charge < -0.3 is 14.8 Å². The van der Waals surface area contributed by atoms with Crippen molar-refractivity contribution in [3.05, 3.63) is 42.7 Å². The maximum atomic E-state index is 5.89. The molecule has 1 saturated carbocycles. The van der Waals surface area contributed by atoms with Crippen molar-refractivity contribution in [1.82, 2.24) is 10.3 Å². The number of pyridine rings is 1. The topological polar surface area (TPSA) is 43.4 Å². The molecule has 4 nitrogen and oxygen atoms in total. The zero-order valence-corrected chi connectivity index (χ0v) is 12.4. The van der Waals surface area contributed by atoms with E-state index in [1.807, 2.05) is 43.6 Å². The molecule has 1 aromatic heterocycles. The molecule has 0 atom stereocenters. The molecule has 4 heteroatoms. The molecular weight excluding hydrogens is 264 g/mol. The predicted octanol–water partition coefficient (Wildman–Crippen LogP) is 2.89. The molecule has 0 bridgehead atoms. The van der Waals surface area contributed by atoms with E-state index < -0.39 is 0 Å². The van der Waals surface area contributed by atoms with E-state index in [2.05, 4.69) is 10.3 Å². The van der Waals surface area contributed by atoms with Gasteiger partial charge in [-0.2, -0.15) is 0 Å². The van der Waals surface area contributed by atoms with Crippen LogP contribution in [0.1, 0.15) is 12.8 Å². The number of ether oxygens (including phenoxy) is 2. The highest BCUT2D eigenvalue weighted by molar-refractivity contribution is 5.65. The number of rotatable bonds is 6. The van der Waals surface area contributed by atoms with Gasteiger partial charge in [0.25, 0.3) is 0 Å². The van der Waals surface area contributed by atoms with Crippen molar-refractivity contribution in [2.75, 3.05) is 20.8 Å². The molecule has 0 aliphatic heterocycles. The first-order valence-corrected chi connectivity index (χ1v) is 7.16. The molecule has 2 aromatic rings. The van der Waals surface area contributed by atoms with Gasteiger partial charge in [0.15, 0.2) is 0 Å². The molecule has 1 N–H and O–H groups in total. The summed E-state index contributed by atoms with van der Waals surface area (Å²) >= 11 is 0. The molecule has 110 valence electrons. The Morgan fingerprint density at radius 2 is 1.95 bits per heavy atom. The first-order chi connectivity index (χ1) is 10.2. The number of hydrogen-bond donors (Lipinski definition) is 1. The summed E-state index contributed by atoms with van der Waals surface area (Å²) in [5.74, 6) is 1.64. The molecule has 0 unspecified atom stereocenters. The summed E-state index contributed by atoms with van der Waals surface area (Å²) < 4.78 is 11.1. The van der Waals surface area contributed by atoms with Gasteiger partial charge in [0.05, 0.1) is 18.8 Å². The lowest BCUT2D eigenvalue weighted by Crippen LogP contribution is -2.33. The van der Waals surface area contributed by atoms with Gasteiger partial charge in [0.2, 0.25) is 0 Å². The zero-order chi connectivity index (χ0) is 14.7. The minimum absolute atomic E-state index is 0.173. The van der Waals surface area contributed by atoms with Crippen LogP contribution in [0, 0.1) is 0 Å². The van der Waals surface area contributed by atoms with E-state index in [1.165, 1.54) is 12.8 Å². The van der Waals surface area contributed by atoms with Crippen molar-refractivity contribution in [3.63, 3.8) is 0 Å². The summed E-state index contributed by atoms with van der Waals surface area (Å²) in [5.41, 5.74) is 2.27. The van der Waals surface area contributed by atoms with Gasteiger partial charge in [0, 0.05) is 11.8 Å². The highest BCUT2D eigenvalue weighted by Crippen LogP contribution is 2.35. The van der Waals surface area contributed by atoms with Gasteiger partial charge in [-0.3, -0.25) is 4.98 Å². The summed E-state index contributed by atoms with van der Waals surface area (Å²) in [6.07, 6.45) is 5.95. The third-order valence-electron chi connectivity index (χ3n) is 4.02. The van der Waals surface area contributed by atoms with Crippen LogP contribution in [0.2, 0.25) is 0 Å². The molecule has 1 aromatic carbocycles. The van der Waals surface area contributed by atoms with Gasteiger partial charge in [0.1, 0.15) is 18.1 Å². The van der Waals surface area contributed by atoms with Gasteiger partial charge in [-0.15, -0.1) is 0 Å². The SMILES string of the molecule is CNC1(COc2cncc(-c3cccc(OC)c3)c2)CC1. The van der Waals surface area contributed by atoms with E-state index in [0.29, 0.717) is 6.61 Å². The maximum absolute atomic E-state index is 5.89. The lowest BCUT2D eigenvalue weighted by Gasteiger charge is -2.15. The fraction of sp³-hybridized carbons (Fsp3) is 0.353. The molecule has 1 heterocycles. The minimum Gasteiger partial charge on any atom is -0.497 e. The smallest absolute Gasteiger partial charge is 0.138 e. The quantitative estimate of drug-likeness (QED) is 0.886. The first-order valence-electron chi connectivity index (χ1n) is 7.16. The van der Waals surface area contributed by atoms with Crippen LogP contribution in [0.5, 0.6) is 11.5 Å². The minimum atomic E-state index is 0.173. The molecular formula is C17H20N2O2. The number of nitrogens with zero attached hydrogens (tertiary/aromatic N) is 1. The Morgan fingerprint density at radius 3 is 2.67 bits per heavy atom. The molecule has 1 aliphatic carbocycles. The summed E-state index contributed by atoms with van der Waals surface area (Å²) in [6, 6.07) is 9.96. The molecule has 0 spiro atoms. The van der Waals surface area contributed by atoms with Gasteiger partial charge in [-0.05, 0) is 43.7 Å². The lowest BCUT2D eigenvalue weighted by molar-refractivity contribution is 0.259. The number of likely N-dealkylation sites (N-methyl/N-ethyl adjacent to an activating group) is 1. The predicted molar refractivity (Wildman–Crippen MR) is 82.7 cm³/mol. The van der Waals surface area contributed by atoms with Crippen LogP contribution in [0.4, 0.5) is 0 Å². The molecule has 1 fully saturated rings. The average molecular weight is 284 g/mol. The fourth-order valence-electron chi connectivity index (χ4n) is 2.30. The van der Waals surface area contributed by atoms with E-state index in [1.54, 1.807) is 13.3 Å². The Hall–Kier alpha value is -2.07. The van der Waals surface area contributed by atoms with E-state index in [9.17, 15) is 0 Å². The summed E-state index contributed by atoms with van der Waals surface area (Å²) in [6.45, 7) is 0.687. The van der Waals surface area contributed by atoms with E-state index in [-0.39, 0.29) is 5.54 Å². The summed E-state index contributed by atoms with van der Waals surface area (Å²) in [7, 11) is 3.66. The first kappa shape index (κ1) is 13.9. The average Bonchev–Trinajstić information content (AvgIpc) is 3.34. The number of benzene rings is 1. The molecule has 21 heavy (non-hydrogen) atoms. The Labute approximate surface area is 125 Å². The van der Waals surface area contributed by atoms with E-state index in [0.717, 1.165) is 22.6 Å². The van der Waals surface area contributed by atoms with Crippen molar-refractivity contribution in [1.29, 1.82) is 0 Å². The Kier molecular flexibility index (Phi) is 3.80. The fourth-order valence-corrected chi connectivity index (χ4v) is 2.30. The number of hydrogen-bond acceptors (Lipinski definition) is 4. The second-order valence-electron chi connectivity index (χ2n) is 5.46. The Morgan fingerprint density at radius 1 is 1.14 bits per heavy atom. The van der Waals surface area contributed by atoms with Crippen molar-refractivity contribution < 1.29 is 9.47 Å². The van der Waals surface area contributed by atoms with E-state index in [4.69, 9.17) is 9.47 Å². The van der Waals surface area contributed by atoms with Crippen molar-refractivity contribution >= 4 is 0 Å². The van der Waals surface area contributed by atoms with Crippen LogP contribution in [-0.2, 0) is 0 Å². The third-order valence-corrected chi connectivity index (χ3v) is 4.02. The second-order valence-corrected chi connectivity index (χ2v) is 5.46. The number of methoxy groups -OCH3 is 1. The highest BCUT2D eigenvalue weighted by Gasteiger charge is 2.41. The summed E-state index contributed by atoms with van der Waals surface area (Å²) in [5, 5.41) is 3.32. The standard InChI is InChI=1S/C17H20N2O2/c1-18-17(6-7-17)12-21-16-9-14(10-19-11-16)13-4-3-5-15(8-13)20-2/h3-5,8-11,18H,6-7,12H2,1-2H3. The summed E-state index contributed by atoms with van der Waals surface area (Å²) in [4.78, 5) is 4.28. The Bertz CT molecular complexity index is 624. The van der Waals surface area contributed by atoms with Crippen molar-refractivity contribution in [3.8, 4) is 22.6 Å². The monoisotopic (exact) mass is 284 g/mol. The molecule has 1 aliphatic rings. The van der Waals surface area contributed by atoms with Crippen LogP contribution in [0.25, 0.3) is 11.1 Å². The zero-order valence-electron chi connectivity index (χ0n) is 12.4. The van der Waals surface area contributed by atoms with Crippen molar-refractivity contribution in [2.24, 2.45) is 0 Å². The Balaban J connectivity index is 1.76.